The summed E-state index contributed by atoms with van der Waals surface area (Å²) < 4.78 is 72.4. The molecular formula is C6HClF6O3. The van der Waals surface area contributed by atoms with Crippen molar-refractivity contribution >= 4 is 22.8 Å². The van der Waals surface area contributed by atoms with Gasteiger partial charge in [0.25, 0.3) is 5.24 Å². The summed E-state index contributed by atoms with van der Waals surface area (Å²) in [5.74, 6) is -10.1. The van der Waals surface area contributed by atoms with E-state index in [0.29, 0.717) is 0 Å². The van der Waals surface area contributed by atoms with E-state index < -0.39 is 34.7 Å². The zero-order valence-electron chi connectivity index (χ0n) is 6.91. The van der Waals surface area contributed by atoms with E-state index in [1.54, 1.807) is 0 Å². The summed E-state index contributed by atoms with van der Waals surface area (Å²) in [6.45, 7) is 0. The van der Waals surface area contributed by atoms with Crippen LogP contribution in [-0.4, -0.2) is 28.2 Å². The third kappa shape index (κ3) is 2.46. The summed E-state index contributed by atoms with van der Waals surface area (Å²) in [6, 6.07) is 0. The standard InChI is InChI=1S/C6HClF6O3/c7-3(14)5(10,4(15)16)1(8)2(9)6(11,12)13/h(H,15,16). The number of alkyl halides is 4. The molecule has 0 aromatic rings. The summed E-state index contributed by atoms with van der Waals surface area (Å²) in [4.78, 5) is 20.2. The van der Waals surface area contributed by atoms with Crippen LogP contribution in [0.5, 0.6) is 0 Å². The SMILES string of the molecule is O=C(O)C(F)(C(=O)Cl)C(F)=C(F)C(F)(F)F. The van der Waals surface area contributed by atoms with E-state index in [0.717, 1.165) is 0 Å². The van der Waals surface area contributed by atoms with E-state index in [4.69, 9.17) is 5.11 Å². The first-order chi connectivity index (χ1) is 6.95. The Balaban J connectivity index is 5.79. The van der Waals surface area contributed by atoms with Crippen LogP contribution in [0.4, 0.5) is 26.3 Å². The average molecular weight is 271 g/mol. The Bertz CT molecular complexity index is 346. The van der Waals surface area contributed by atoms with Gasteiger partial charge in [0.2, 0.25) is 5.83 Å². The maximum Gasteiger partial charge on any atom is 0.445 e. The van der Waals surface area contributed by atoms with Gasteiger partial charge in [-0.25, -0.2) is 13.6 Å². The minimum absolute atomic E-state index is 2.64. The van der Waals surface area contributed by atoms with Gasteiger partial charge in [0.05, 0.1) is 0 Å². The smallest absolute Gasteiger partial charge is 0.445 e. The molecule has 0 aromatic heterocycles. The summed E-state index contributed by atoms with van der Waals surface area (Å²) >= 11 is 4.27. The molecule has 10 heteroatoms. The van der Waals surface area contributed by atoms with Crippen molar-refractivity contribution in [2.75, 3.05) is 0 Å². The highest BCUT2D eigenvalue weighted by Crippen LogP contribution is 2.37. The van der Waals surface area contributed by atoms with Crippen molar-refractivity contribution in [3.63, 3.8) is 0 Å². The second-order valence-corrected chi connectivity index (χ2v) is 2.71. The van der Waals surface area contributed by atoms with Crippen LogP contribution < -0.4 is 0 Å². The maximum absolute atomic E-state index is 13.0. The number of hydrogen-bond acceptors (Lipinski definition) is 2. The molecule has 0 saturated heterocycles. The van der Waals surface area contributed by atoms with Gasteiger partial charge in [-0.2, -0.15) is 17.6 Å². The van der Waals surface area contributed by atoms with Gasteiger partial charge < -0.3 is 5.11 Å². The van der Waals surface area contributed by atoms with Crippen LogP contribution >= 0.6 is 11.6 Å². The van der Waals surface area contributed by atoms with Crippen LogP contribution in [0.2, 0.25) is 0 Å². The fourth-order valence-electron chi connectivity index (χ4n) is 0.540. The highest BCUT2D eigenvalue weighted by molar-refractivity contribution is 6.67. The molecule has 0 fully saturated rings. The average Bonchev–Trinajstić information content (AvgIpc) is 2.11. The lowest BCUT2D eigenvalue weighted by Gasteiger charge is -2.15. The number of carbonyl (C=O) groups is 2. The van der Waals surface area contributed by atoms with E-state index in [9.17, 15) is 35.9 Å². The fourth-order valence-corrected chi connectivity index (χ4v) is 0.704. The number of hydrogen-bond donors (Lipinski definition) is 1. The minimum atomic E-state index is -5.97. The van der Waals surface area contributed by atoms with Crippen molar-refractivity contribution in [2.24, 2.45) is 0 Å². The summed E-state index contributed by atoms with van der Waals surface area (Å²) in [6.07, 6.45) is -5.97. The van der Waals surface area contributed by atoms with Crippen LogP contribution in [0.3, 0.4) is 0 Å². The number of allylic oxidation sites excluding steroid dienone is 1. The molecule has 0 saturated carbocycles. The second kappa shape index (κ2) is 4.32. The van der Waals surface area contributed by atoms with Crippen LogP contribution in [0.15, 0.2) is 11.7 Å². The lowest BCUT2D eigenvalue weighted by atomic mass is 10.1. The summed E-state index contributed by atoms with van der Waals surface area (Å²) in [5.41, 5.74) is -4.90. The Hall–Kier alpha value is -1.25. The van der Waals surface area contributed by atoms with E-state index in [1.165, 1.54) is 0 Å². The molecule has 1 unspecified atom stereocenters. The minimum Gasteiger partial charge on any atom is -0.478 e. The molecule has 0 bridgehead atoms. The van der Waals surface area contributed by atoms with Crippen molar-refractivity contribution in [1.29, 1.82) is 0 Å². The Kier molecular flexibility index (Phi) is 3.98. The van der Waals surface area contributed by atoms with Gasteiger partial charge in [0.15, 0.2) is 5.83 Å². The molecule has 0 aliphatic heterocycles. The molecule has 0 aliphatic carbocycles. The second-order valence-electron chi connectivity index (χ2n) is 2.36. The van der Waals surface area contributed by atoms with Gasteiger partial charge in [-0.3, -0.25) is 4.79 Å². The monoisotopic (exact) mass is 270 g/mol. The van der Waals surface area contributed by atoms with Crippen LogP contribution in [0.1, 0.15) is 0 Å². The molecule has 3 nitrogen and oxygen atoms in total. The first kappa shape index (κ1) is 14.8. The van der Waals surface area contributed by atoms with Gasteiger partial charge in [0.1, 0.15) is 0 Å². The number of carboxylic acids is 1. The normalized spacial score (nSPS) is 17.4. The van der Waals surface area contributed by atoms with Crippen molar-refractivity contribution in [2.45, 2.75) is 11.8 Å². The van der Waals surface area contributed by atoms with Crippen LogP contribution in [0.25, 0.3) is 0 Å². The summed E-state index contributed by atoms with van der Waals surface area (Å²) in [5, 5.41) is 5.36. The molecule has 0 aliphatic rings. The maximum atomic E-state index is 13.0. The molecular weight excluding hydrogens is 270 g/mol. The molecule has 0 amide bonds. The fraction of sp³-hybridized carbons (Fsp3) is 0.333. The van der Waals surface area contributed by atoms with Crippen molar-refractivity contribution in [1.82, 2.24) is 0 Å². The van der Waals surface area contributed by atoms with Gasteiger partial charge >= 0.3 is 17.8 Å². The van der Waals surface area contributed by atoms with Crippen molar-refractivity contribution in [3.8, 4) is 0 Å². The van der Waals surface area contributed by atoms with Crippen molar-refractivity contribution in [3.05, 3.63) is 11.7 Å². The molecule has 0 radical (unpaired) electrons. The van der Waals surface area contributed by atoms with Gasteiger partial charge in [-0.05, 0) is 11.6 Å². The van der Waals surface area contributed by atoms with E-state index in [1.807, 2.05) is 0 Å². The van der Waals surface area contributed by atoms with E-state index >= 15 is 0 Å². The quantitative estimate of drug-likeness (QED) is 0.486. The zero-order valence-corrected chi connectivity index (χ0v) is 7.67. The first-order valence-corrected chi connectivity index (χ1v) is 3.58. The molecule has 0 aromatic carbocycles. The van der Waals surface area contributed by atoms with Gasteiger partial charge in [-0.1, -0.05) is 0 Å². The Labute approximate surface area is 88.3 Å². The van der Waals surface area contributed by atoms with Gasteiger partial charge in [0, 0.05) is 0 Å². The zero-order chi connectivity index (χ0) is 13.3. The molecule has 1 atom stereocenters. The molecule has 92 valence electrons. The largest absolute Gasteiger partial charge is 0.478 e. The molecule has 1 N–H and O–H groups in total. The Morgan fingerprint density at radius 2 is 1.38 bits per heavy atom. The highest BCUT2D eigenvalue weighted by atomic mass is 35.5. The summed E-state index contributed by atoms with van der Waals surface area (Å²) in [7, 11) is 0. The van der Waals surface area contributed by atoms with Crippen molar-refractivity contribution < 1.29 is 41.0 Å². The predicted octanol–water partition coefficient (Wildman–Crippen LogP) is 2.26. The number of rotatable bonds is 3. The van der Waals surface area contributed by atoms with E-state index in [2.05, 4.69) is 11.6 Å². The highest BCUT2D eigenvalue weighted by Gasteiger charge is 2.56. The number of carboxylic acid groups (broad SMARTS) is 1. The molecule has 0 heterocycles. The van der Waals surface area contributed by atoms with E-state index in [-0.39, 0.29) is 0 Å². The van der Waals surface area contributed by atoms with Crippen LogP contribution in [0, 0.1) is 0 Å². The molecule has 16 heavy (non-hydrogen) atoms. The lowest BCUT2D eigenvalue weighted by Crippen LogP contribution is -2.41. The third-order valence-corrected chi connectivity index (χ3v) is 1.57. The Morgan fingerprint density at radius 1 is 1.00 bits per heavy atom. The van der Waals surface area contributed by atoms with Gasteiger partial charge in [-0.15, -0.1) is 0 Å². The predicted molar refractivity (Wildman–Crippen MR) is 37.6 cm³/mol. The number of carbonyl (C=O) groups excluding carboxylic acids is 1. The first-order valence-electron chi connectivity index (χ1n) is 3.20. The number of aliphatic carboxylic acids is 1. The molecule has 0 rings (SSSR count). The number of halogens is 7. The third-order valence-electron chi connectivity index (χ3n) is 1.31. The molecule has 0 spiro atoms. The Morgan fingerprint density at radius 3 is 1.56 bits per heavy atom. The van der Waals surface area contributed by atoms with Crippen LogP contribution in [-0.2, 0) is 9.59 Å². The lowest BCUT2D eigenvalue weighted by molar-refractivity contribution is -0.153. The topological polar surface area (TPSA) is 54.4 Å².